The third-order valence-electron chi connectivity index (χ3n) is 6.38. The van der Waals surface area contributed by atoms with E-state index < -0.39 is 0 Å². The number of nitrogens with one attached hydrogen (secondary N) is 3. The number of rotatable bonds is 11. The zero-order valence-electron chi connectivity index (χ0n) is 27.3. The fourth-order valence-corrected chi connectivity index (χ4v) is 5.00. The highest BCUT2D eigenvalue weighted by Gasteiger charge is 2.24. The summed E-state index contributed by atoms with van der Waals surface area (Å²) in [7, 11) is 0. The summed E-state index contributed by atoms with van der Waals surface area (Å²) in [6.07, 6.45) is 10.2. The number of aromatic nitrogens is 3. The molecule has 3 N–H and O–H groups in total. The molecule has 0 spiro atoms. The van der Waals surface area contributed by atoms with Gasteiger partial charge < -0.3 is 20.5 Å². The number of aryl methyl sites for hydroxylation is 1. The second kappa shape index (κ2) is 20.8. The van der Waals surface area contributed by atoms with Crippen LogP contribution in [0.1, 0.15) is 53.0 Å². The number of imidazole rings is 1. The van der Waals surface area contributed by atoms with Crippen molar-refractivity contribution in [3.05, 3.63) is 76.3 Å². The maximum absolute atomic E-state index is 12.3. The highest BCUT2D eigenvalue weighted by atomic mass is 35.5. The van der Waals surface area contributed by atoms with Gasteiger partial charge in [-0.05, 0) is 39.1 Å². The molecular formula is C34H50ClN7OS. The third-order valence-corrected chi connectivity index (χ3v) is 7.45. The smallest absolute Gasteiger partial charge is 0.238 e. The average molecular weight is 640 g/mol. The normalized spacial score (nSPS) is 13.5. The third kappa shape index (κ3) is 12.5. The quantitative estimate of drug-likeness (QED) is 0.148. The van der Waals surface area contributed by atoms with E-state index in [1.165, 1.54) is 30.2 Å². The summed E-state index contributed by atoms with van der Waals surface area (Å²) in [6.45, 7) is 21.8. The summed E-state index contributed by atoms with van der Waals surface area (Å²) in [5, 5.41) is 9.20. The van der Waals surface area contributed by atoms with Gasteiger partial charge in [0.05, 0.1) is 28.5 Å². The molecule has 3 aromatic rings. The summed E-state index contributed by atoms with van der Waals surface area (Å²) in [6, 6.07) is 8.22. The molecular weight excluding hydrogens is 590 g/mol. The second-order valence-corrected chi connectivity index (χ2v) is 11.8. The van der Waals surface area contributed by atoms with Crippen molar-refractivity contribution in [2.24, 2.45) is 0 Å². The van der Waals surface area contributed by atoms with E-state index in [9.17, 15) is 4.79 Å². The molecule has 44 heavy (non-hydrogen) atoms. The number of aromatic amines is 1. The minimum atomic E-state index is -0.0499. The summed E-state index contributed by atoms with van der Waals surface area (Å²) in [4.78, 5) is 29.2. The Morgan fingerprint density at radius 1 is 1.11 bits per heavy atom. The molecule has 0 bridgehead atoms. The minimum Gasteiger partial charge on any atom is -0.366 e. The molecule has 4 rings (SSSR count). The van der Waals surface area contributed by atoms with Crippen molar-refractivity contribution in [2.45, 2.75) is 54.4 Å². The maximum atomic E-state index is 12.3. The number of piperazine rings is 1. The molecule has 1 saturated heterocycles. The van der Waals surface area contributed by atoms with Gasteiger partial charge in [0.1, 0.15) is 11.3 Å². The van der Waals surface area contributed by atoms with Gasteiger partial charge in [-0.3, -0.25) is 9.69 Å². The lowest BCUT2D eigenvalue weighted by molar-refractivity contribution is -0.121. The zero-order chi connectivity index (χ0) is 32.3. The Balaban J connectivity index is 0.000000527. The summed E-state index contributed by atoms with van der Waals surface area (Å²) in [5.74, 6) is 0.721. The molecule has 8 nitrogen and oxygen atoms in total. The predicted molar refractivity (Wildman–Crippen MR) is 191 cm³/mol. The Bertz CT molecular complexity index is 1350. The number of hydrogen-bond donors (Lipinski definition) is 3. The first-order valence-corrected chi connectivity index (χ1v) is 16.7. The zero-order valence-corrected chi connectivity index (χ0v) is 28.8. The van der Waals surface area contributed by atoms with Gasteiger partial charge in [-0.1, -0.05) is 105 Å². The Morgan fingerprint density at radius 2 is 1.80 bits per heavy atom. The number of amides is 1. The monoisotopic (exact) mass is 639 g/mol. The lowest BCUT2D eigenvalue weighted by Crippen LogP contribution is -2.49. The van der Waals surface area contributed by atoms with E-state index in [0.29, 0.717) is 22.2 Å². The molecule has 1 aliphatic heterocycles. The lowest BCUT2D eigenvalue weighted by Gasteiger charge is -2.36. The number of halogens is 1. The Kier molecular flexibility index (Phi) is 17.5. The first-order chi connectivity index (χ1) is 21.3. The second-order valence-electron chi connectivity index (χ2n) is 10.4. The predicted octanol–water partition coefficient (Wildman–Crippen LogP) is 7.54. The topological polar surface area (TPSA) is 89.2 Å². The van der Waals surface area contributed by atoms with Gasteiger partial charge in [-0.25, -0.2) is 9.97 Å². The number of carbonyl (C=O) groups is 1. The van der Waals surface area contributed by atoms with Gasteiger partial charge in [0.2, 0.25) is 5.91 Å². The van der Waals surface area contributed by atoms with Crippen LogP contribution in [0.15, 0.2) is 65.7 Å². The van der Waals surface area contributed by atoms with Crippen molar-refractivity contribution in [3.63, 3.8) is 0 Å². The number of H-pyrrole nitrogens is 1. The van der Waals surface area contributed by atoms with Crippen molar-refractivity contribution >= 4 is 46.1 Å². The molecule has 1 amide bonds. The van der Waals surface area contributed by atoms with Gasteiger partial charge in [0.25, 0.3) is 0 Å². The van der Waals surface area contributed by atoms with Crippen LogP contribution in [-0.2, 0) is 4.79 Å². The van der Waals surface area contributed by atoms with Crippen LogP contribution in [0.3, 0.4) is 0 Å². The van der Waals surface area contributed by atoms with Crippen molar-refractivity contribution in [2.75, 3.05) is 50.7 Å². The van der Waals surface area contributed by atoms with Crippen LogP contribution in [0.4, 0.5) is 5.69 Å². The number of fused-ring (bicyclic) bond motifs is 1. The van der Waals surface area contributed by atoms with Crippen LogP contribution >= 0.6 is 23.4 Å². The number of hydrogen-bond acceptors (Lipinski definition) is 7. The van der Waals surface area contributed by atoms with Crippen LogP contribution in [0.25, 0.3) is 22.6 Å². The summed E-state index contributed by atoms with van der Waals surface area (Å²) >= 11 is 7.99. The van der Waals surface area contributed by atoms with Gasteiger partial charge in [0, 0.05) is 38.3 Å². The summed E-state index contributed by atoms with van der Waals surface area (Å²) in [5.41, 5.74) is 4.59. The Labute approximate surface area is 273 Å². The van der Waals surface area contributed by atoms with E-state index in [1.54, 1.807) is 6.20 Å². The van der Waals surface area contributed by atoms with Crippen LogP contribution in [0.2, 0.25) is 5.02 Å². The SMILES string of the molecule is C/C=C/CNCCC.C=C(NC(=O)CN1CCN(c2c(Cl)cnc3nc(-c4ccc(C)cc4)[nH]c23)CC1)S/C=C\C.CCC. The molecule has 10 heteroatoms. The highest BCUT2D eigenvalue weighted by molar-refractivity contribution is 8.05. The number of nitrogens with zero attached hydrogens (tertiary/aromatic N) is 4. The summed E-state index contributed by atoms with van der Waals surface area (Å²) < 4.78 is 0. The van der Waals surface area contributed by atoms with Crippen LogP contribution < -0.4 is 15.5 Å². The van der Waals surface area contributed by atoms with Crippen LogP contribution in [0.5, 0.6) is 0 Å². The molecule has 1 fully saturated rings. The molecule has 0 aliphatic carbocycles. The maximum Gasteiger partial charge on any atom is 0.238 e. The van der Waals surface area contributed by atoms with Crippen molar-refractivity contribution in [1.29, 1.82) is 0 Å². The molecule has 1 aliphatic rings. The number of thioether (sulfide) groups is 1. The molecule has 0 radical (unpaired) electrons. The van der Waals surface area contributed by atoms with Crippen molar-refractivity contribution < 1.29 is 4.79 Å². The lowest BCUT2D eigenvalue weighted by atomic mass is 10.1. The molecule has 3 heterocycles. The number of pyridine rings is 1. The van der Waals surface area contributed by atoms with Crippen LogP contribution in [0, 0.1) is 6.92 Å². The van der Waals surface area contributed by atoms with Gasteiger partial charge in [0.15, 0.2) is 5.65 Å². The molecule has 0 atom stereocenters. The minimum absolute atomic E-state index is 0.0499. The van der Waals surface area contributed by atoms with E-state index in [1.807, 2.05) is 37.5 Å². The van der Waals surface area contributed by atoms with Crippen LogP contribution in [-0.4, -0.2) is 71.6 Å². The van der Waals surface area contributed by atoms with Gasteiger partial charge >= 0.3 is 0 Å². The number of carbonyl (C=O) groups excluding carboxylic acids is 1. The van der Waals surface area contributed by atoms with Crippen molar-refractivity contribution in [3.8, 4) is 11.4 Å². The number of benzene rings is 1. The largest absolute Gasteiger partial charge is 0.366 e. The number of anilines is 1. The van der Waals surface area contributed by atoms with E-state index in [2.05, 4.69) is 93.9 Å². The van der Waals surface area contributed by atoms with E-state index in [-0.39, 0.29) is 5.91 Å². The first-order valence-electron chi connectivity index (χ1n) is 15.4. The average Bonchev–Trinajstić information content (AvgIpc) is 3.44. The fourth-order valence-electron chi connectivity index (χ4n) is 4.27. The molecule has 2 aromatic heterocycles. The fraction of sp³-hybridized carbons (Fsp3) is 0.441. The molecule has 0 saturated carbocycles. The number of allylic oxidation sites excluding steroid dienone is 2. The first kappa shape index (κ1) is 37.1. The van der Waals surface area contributed by atoms with E-state index in [0.717, 1.165) is 61.9 Å². The van der Waals surface area contributed by atoms with Crippen molar-refractivity contribution in [1.82, 2.24) is 30.5 Å². The molecule has 0 unspecified atom stereocenters. The Hall–Kier alpha value is -3.11. The molecule has 1 aromatic carbocycles. The van der Waals surface area contributed by atoms with E-state index >= 15 is 0 Å². The van der Waals surface area contributed by atoms with Gasteiger partial charge in [-0.15, -0.1) is 0 Å². The van der Waals surface area contributed by atoms with E-state index in [4.69, 9.17) is 11.6 Å². The molecule has 240 valence electrons. The standard InChI is InChI=1S/C24H27ClN6OS.C7H15N.C3H8/c1-4-13-33-17(3)27-20(32)15-30-9-11-31(12-10-30)22-19(25)14-26-24-21(22)28-23(29-24)18-7-5-16(2)6-8-18;1-3-5-7-8-6-4-2;1-3-2/h4-8,13-14H,3,9-12,15H2,1-2H3,(H,27,32)(H,26,28,29);3,5,8H,4,6-7H2,1-2H3;3H2,1-2H3/b13-4-;5-3+;. The van der Waals surface area contributed by atoms with Gasteiger partial charge in [-0.2, -0.15) is 0 Å². The highest BCUT2D eigenvalue weighted by Crippen LogP contribution is 2.34. The Morgan fingerprint density at radius 3 is 2.41 bits per heavy atom.